The largest absolute Gasteiger partial charge is 0.573 e. The molecule has 0 bridgehead atoms. The van der Waals surface area contributed by atoms with Crippen LogP contribution >= 0.6 is 0 Å². The van der Waals surface area contributed by atoms with Gasteiger partial charge in [0.2, 0.25) is 0 Å². The Morgan fingerprint density at radius 1 is 0.842 bits per heavy atom. The first-order chi connectivity index (χ1) is 8.93. The first kappa shape index (κ1) is 13.3. The summed E-state index contributed by atoms with van der Waals surface area (Å²) in [6, 6.07) is 7.82. The lowest BCUT2D eigenvalue weighted by molar-refractivity contribution is -0.275. The van der Waals surface area contributed by atoms with E-state index in [9.17, 15) is 13.2 Å². The molecule has 0 fully saturated rings. The lowest BCUT2D eigenvalue weighted by atomic mass is 10.1. The van der Waals surface area contributed by atoms with Crippen LogP contribution in [0.5, 0.6) is 17.2 Å². The maximum atomic E-state index is 12.3. The van der Waals surface area contributed by atoms with Gasteiger partial charge in [-0.25, -0.2) is 0 Å². The minimum Gasteiger partial charge on any atom is -0.497 e. The second kappa shape index (κ2) is 4.87. The molecule has 0 amide bonds. The Kier molecular flexibility index (Phi) is 3.42. The van der Waals surface area contributed by atoms with Gasteiger partial charge in [0.1, 0.15) is 5.75 Å². The number of halogens is 3. The number of fused-ring (bicyclic) bond motifs is 1. The predicted molar refractivity (Wildman–Crippen MR) is 63.7 cm³/mol. The van der Waals surface area contributed by atoms with Gasteiger partial charge in [-0.05, 0) is 35.0 Å². The Balaban J connectivity index is 2.55. The van der Waals surface area contributed by atoms with Crippen molar-refractivity contribution in [2.75, 3.05) is 14.2 Å². The van der Waals surface area contributed by atoms with Crippen molar-refractivity contribution in [3.05, 3.63) is 30.3 Å². The molecule has 0 saturated carbocycles. The highest BCUT2D eigenvalue weighted by molar-refractivity contribution is 5.87. The fourth-order valence-corrected chi connectivity index (χ4v) is 1.72. The van der Waals surface area contributed by atoms with Crippen molar-refractivity contribution >= 4 is 10.8 Å². The Bertz CT molecular complexity index is 593. The van der Waals surface area contributed by atoms with Crippen LogP contribution in [0.1, 0.15) is 0 Å². The maximum Gasteiger partial charge on any atom is 0.573 e. The first-order valence-corrected chi connectivity index (χ1v) is 5.34. The van der Waals surface area contributed by atoms with Gasteiger partial charge in [0, 0.05) is 0 Å². The van der Waals surface area contributed by atoms with Crippen LogP contribution in [0, 0.1) is 0 Å². The SMILES string of the molecule is COc1ccc2cc(OC)c(OC(F)(F)F)cc2c1. The normalized spacial score (nSPS) is 11.4. The molecule has 0 heterocycles. The minimum absolute atomic E-state index is 0.0231. The van der Waals surface area contributed by atoms with Gasteiger partial charge in [-0.15, -0.1) is 13.2 Å². The molecule has 0 radical (unpaired) electrons. The van der Waals surface area contributed by atoms with E-state index in [1.54, 1.807) is 18.2 Å². The molecule has 2 aromatic rings. The van der Waals surface area contributed by atoms with Crippen LogP contribution in [-0.4, -0.2) is 20.6 Å². The number of rotatable bonds is 3. The maximum absolute atomic E-state index is 12.3. The summed E-state index contributed by atoms with van der Waals surface area (Å²) in [6.45, 7) is 0. The van der Waals surface area contributed by atoms with Gasteiger partial charge in [0.05, 0.1) is 14.2 Å². The summed E-state index contributed by atoms with van der Waals surface area (Å²) in [7, 11) is 2.77. The van der Waals surface area contributed by atoms with Crippen LogP contribution in [0.3, 0.4) is 0 Å². The minimum atomic E-state index is -4.76. The second-order valence-electron chi connectivity index (χ2n) is 3.76. The van der Waals surface area contributed by atoms with Crippen LogP contribution in [0.15, 0.2) is 30.3 Å². The zero-order valence-electron chi connectivity index (χ0n) is 10.2. The van der Waals surface area contributed by atoms with Gasteiger partial charge in [0.15, 0.2) is 11.5 Å². The Hall–Kier alpha value is -2.11. The molecule has 2 aromatic carbocycles. The van der Waals surface area contributed by atoms with Crippen LogP contribution in [0.4, 0.5) is 13.2 Å². The first-order valence-electron chi connectivity index (χ1n) is 5.34. The third kappa shape index (κ3) is 3.01. The molecule has 2 rings (SSSR count). The van der Waals surface area contributed by atoms with Crippen molar-refractivity contribution in [2.24, 2.45) is 0 Å². The Labute approximate surface area is 107 Å². The molecule has 19 heavy (non-hydrogen) atoms. The molecular weight excluding hydrogens is 261 g/mol. The van der Waals surface area contributed by atoms with Gasteiger partial charge in [0.25, 0.3) is 0 Å². The molecule has 0 aliphatic rings. The van der Waals surface area contributed by atoms with E-state index in [1.165, 1.54) is 26.4 Å². The van der Waals surface area contributed by atoms with Gasteiger partial charge in [-0.2, -0.15) is 0 Å². The van der Waals surface area contributed by atoms with E-state index < -0.39 is 6.36 Å². The third-order valence-corrected chi connectivity index (χ3v) is 2.56. The highest BCUT2D eigenvalue weighted by Crippen LogP contribution is 2.36. The average Bonchev–Trinajstić information content (AvgIpc) is 2.35. The number of methoxy groups -OCH3 is 2. The third-order valence-electron chi connectivity index (χ3n) is 2.56. The number of alkyl halides is 3. The Morgan fingerprint density at radius 3 is 2.11 bits per heavy atom. The quantitative estimate of drug-likeness (QED) is 0.851. The van der Waals surface area contributed by atoms with E-state index >= 15 is 0 Å². The van der Waals surface area contributed by atoms with Crippen molar-refractivity contribution in [3.8, 4) is 17.2 Å². The van der Waals surface area contributed by atoms with Crippen molar-refractivity contribution in [1.82, 2.24) is 0 Å². The van der Waals surface area contributed by atoms with E-state index in [2.05, 4.69) is 4.74 Å². The summed E-state index contributed by atoms with van der Waals surface area (Å²) >= 11 is 0. The topological polar surface area (TPSA) is 27.7 Å². The van der Waals surface area contributed by atoms with E-state index in [1.807, 2.05) is 0 Å². The van der Waals surface area contributed by atoms with E-state index in [-0.39, 0.29) is 11.5 Å². The van der Waals surface area contributed by atoms with Crippen LogP contribution in [0.25, 0.3) is 10.8 Å². The lowest BCUT2D eigenvalue weighted by Gasteiger charge is -2.13. The number of hydrogen-bond acceptors (Lipinski definition) is 3. The zero-order chi connectivity index (χ0) is 14.0. The fourth-order valence-electron chi connectivity index (χ4n) is 1.72. The molecule has 102 valence electrons. The van der Waals surface area contributed by atoms with Crippen LogP contribution < -0.4 is 14.2 Å². The molecule has 3 nitrogen and oxygen atoms in total. The van der Waals surface area contributed by atoms with Gasteiger partial charge < -0.3 is 14.2 Å². The smallest absolute Gasteiger partial charge is 0.497 e. The zero-order valence-corrected chi connectivity index (χ0v) is 10.2. The van der Waals surface area contributed by atoms with Crippen molar-refractivity contribution in [3.63, 3.8) is 0 Å². The summed E-state index contributed by atoms with van der Waals surface area (Å²) in [4.78, 5) is 0. The summed E-state index contributed by atoms with van der Waals surface area (Å²) in [5.74, 6) is 0.196. The van der Waals surface area contributed by atoms with Crippen LogP contribution in [-0.2, 0) is 0 Å². The van der Waals surface area contributed by atoms with E-state index in [0.29, 0.717) is 11.1 Å². The van der Waals surface area contributed by atoms with Crippen molar-refractivity contribution in [2.45, 2.75) is 6.36 Å². The number of benzene rings is 2. The summed E-state index contributed by atoms with van der Waals surface area (Å²) in [5, 5.41) is 1.30. The molecule has 0 aliphatic carbocycles. The predicted octanol–water partition coefficient (Wildman–Crippen LogP) is 3.76. The van der Waals surface area contributed by atoms with Gasteiger partial charge in [-0.3, -0.25) is 0 Å². The number of ether oxygens (including phenoxy) is 3. The molecule has 6 heteroatoms. The summed E-state index contributed by atoms with van der Waals surface area (Å²) in [5.41, 5.74) is 0. The monoisotopic (exact) mass is 272 g/mol. The molecule has 0 aliphatic heterocycles. The molecule has 0 spiro atoms. The molecule has 0 N–H and O–H groups in total. The number of hydrogen-bond donors (Lipinski definition) is 0. The highest BCUT2D eigenvalue weighted by Gasteiger charge is 2.32. The van der Waals surface area contributed by atoms with E-state index in [4.69, 9.17) is 9.47 Å². The molecule has 0 saturated heterocycles. The molecule has 0 unspecified atom stereocenters. The van der Waals surface area contributed by atoms with Crippen molar-refractivity contribution < 1.29 is 27.4 Å². The molecule has 0 aromatic heterocycles. The average molecular weight is 272 g/mol. The molecule has 0 atom stereocenters. The van der Waals surface area contributed by atoms with E-state index in [0.717, 1.165) is 5.39 Å². The standard InChI is InChI=1S/C13H11F3O3/c1-17-10-4-3-8-6-11(18-2)12(7-9(8)5-10)19-13(14,15)16/h3-7H,1-2H3. The van der Waals surface area contributed by atoms with Crippen molar-refractivity contribution in [1.29, 1.82) is 0 Å². The summed E-state index contributed by atoms with van der Waals surface area (Å²) < 4.78 is 50.8. The van der Waals surface area contributed by atoms with Gasteiger partial charge >= 0.3 is 6.36 Å². The second-order valence-corrected chi connectivity index (χ2v) is 3.76. The Morgan fingerprint density at radius 2 is 1.53 bits per heavy atom. The van der Waals surface area contributed by atoms with Gasteiger partial charge in [-0.1, -0.05) is 6.07 Å². The lowest BCUT2D eigenvalue weighted by Crippen LogP contribution is -2.17. The summed E-state index contributed by atoms with van der Waals surface area (Å²) in [6.07, 6.45) is -4.76. The molecular formula is C13H11F3O3. The fraction of sp³-hybridized carbons (Fsp3) is 0.231. The van der Waals surface area contributed by atoms with Crippen LogP contribution in [0.2, 0.25) is 0 Å². The highest BCUT2D eigenvalue weighted by atomic mass is 19.4.